The van der Waals surface area contributed by atoms with Crippen molar-refractivity contribution in [3.8, 4) is 0 Å². The largest absolute Gasteiger partial charge is 0.480 e. The fourth-order valence-electron chi connectivity index (χ4n) is 5.12. The van der Waals surface area contributed by atoms with Crippen molar-refractivity contribution < 1.29 is 29.1 Å². The van der Waals surface area contributed by atoms with Crippen molar-refractivity contribution in [1.29, 1.82) is 0 Å². The van der Waals surface area contributed by atoms with Gasteiger partial charge in [0.2, 0.25) is 23.6 Å². The Morgan fingerprint density at radius 2 is 1.17 bits per heavy atom. The number of aromatic amines is 1. The zero-order valence-electron chi connectivity index (χ0n) is 25.1. The SMILES string of the molecule is NC(=O)CCC(NC(=O)C(Cc1ccccc1)NC(=O)C(Cc1ccccc1)NC(=O)C(N)Cc1c[nH]c2ccccc12)C(=O)O. The zero-order valence-corrected chi connectivity index (χ0v) is 25.1. The molecule has 4 aromatic rings. The van der Waals surface area contributed by atoms with Crippen LogP contribution in [0.2, 0.25) is 0 Å². The van der Waals surface area contributed by atoms with E-state index in [0.29, 0.717) is 5.56 Å². The molecule has 12 heteroatoms. The van der Waals surface area contributed by atoms with Gasteiger partial charge in [0.25, 0.3) is 0 Å². The summed E-state index contributed by atoms with van der Waals surface area (Å²) < 4.78 is 0. The number of rotatable bonds is 16. The average molecular weight is 627 g/mol. The number of aromatic nitrogens is 1. The minimum Gasteiger partial charge on any atom is -0.480 e. The van der Waals surface area contributed by atoms with Crippen molar-refractivity contribution in [3.05, 3.63) is 108 Å². The molecule has 4 atom stereocenters. The first-order chi connectivity index (χ1) is 22.1. The van der Waals surface area contributed by atoms with Crippen molar-refractivity contribution in [2.24, 2.45) is 11.5 Å². The summed E-state index contributed by atoms with van der Waals surface area (Å²) in [6.07, 6.45) is 1.68. The second-order valence-corrected chi connectivity index (χ2v) is 11.1. The zero-order chi connectivity index (χ0) is 33.1. The topological polar surface area (TPSA) is 209 Å². The molecule has 0 bridgehead atoms. The Kier molecular flexibility index (Phi) is 11.6. The second kappa shape index (κ2) is 16.0. The monoisotopic (exact) mass is 626 g/mol. The number of aliphatic carboxylic acids is 1. The van der Waals surface area contributed by atoms with Gasteiger partial charge in [-0.1, -0.05) is 78.9 Å². The maximum atomic E-state index is 13.8. The summed E-state index contributed by atoms with van der Waals surface area (Å²) >= 11 is 0. The molecule has 9 N–H and O–H groups in total. The van der Waals surface area contributed by atoms with Gasteiger partial charge in [0.15, 0.2) is 0 Å². The van der Waals surface area contributed by atoms with E-state index in [1.54, 1.807) is 48.7 Å². The highest BCUT2D eigenvalue weighted by Gasteiger charge is 2.31. The molecule has 4 rings (SSSR count). The van der Waals surface area contributed by atoms with Crippen LogP contribution in [-0.4, -0.2) is 63.9 Å². The van der Waals surface area contributed by atoms with Gasteiger partial charge in [-0.2, -0.15) is 0 Å². The molecule has 240 valence electrons. The minimum absolute atomic E-state index is 0.0344. The Hall–Kier alpha value is -5.49. The van der Waals surface area contributed by atoms with E-state index in [1.165, 1.54) is 0 Å². The molecule has 0 radical (unpaired) electrons. The summed E-state index contributed by atoms with van der Waals surface area (Å²) in [4.78, 5) is 66.8. The number of carboxylic acid groups (broad SMARTS) is 1. The summed E-state index contributed by atoms with van der Waals surface area (Å²) in [5.41, 5.74) is 14.7. The lowest BCUT2D eigenvalue weighted by molar-refractivity contribution is -0.142. The van der Waals surface area contributed by atoms with Crippen LogP contribution >= 0.6 is 0 Å². The van der Waals surface area contributed by atoms with Crippen molar-refractivity contribution in [2.45, 2.75) is 56.3 Å². The Morgan fingerprint density at radius 3 is 1.72 bits per heavy atom. The highest BCUT2D eigenvalue weighted by molar-refractivity contribution is 5.95. The molecule has 1 aromatic heterocycles. The number of benzene rings is 3. The maximum absolute atomic E-state index is 13.8. The molecule has 0 aliphatic carbocycles. The van der Waals surface area contributed by atoms with Gasteiger partial charge in [-0.15, -0.1) is 0 Å². The molecule has 0 aliphatic rings. The van der Waals surface area contributed by atoms with E-state index in [2.05, 4.69) is 20.9 Å². The molecule has 4 unspecified atom stereocenters. The normalized spacial score (nSPS) is 13.6. The number of carboxylic acids is 1. The van der Waals surface area contributed by atoms with Crippen molar-refractivity contribution in [2.75, 3.05) is 0 Å². The highest BCUT2D eigenvalue weighted by Crippen LogP contribution is 2.19. The number of H-pyrrole nitrogens is 1. The Balaban J connectivity index is 1.53. The first-order valence-corrected chi connectivity index (χ1v) is 14.9. The lowest BCUT2D eigenvalue weighted by Gasteiger charge is -2.25. The van der Waals surface area contributed by atoms with Crippen molar-refractivity contribution in [1.82, 2.24) is 20.9 Å². The number of hydrogen-bond acceptors (Lipinski definition) is 6. The molecule has 0 fully saturated rings. The lowest BCUT2D eigenvalue weighted by atomic mass is 10.0. The average Bonchev–Trinajstić information content (AvgIpc) is 3.45. The van der Waals surface area contributed by atoms with Crippen LogP contribution in [0.4, 0.5) is 0 Å². The molecule has 4 amide bonds. The first kappa shape index (κ1) is 33.4. The Morgan fingerprint density at radius 1 is 0.674 bits per heavy atom. The molecule has 0 spiro atoms. The van der Waals surface area contributed by atoms with Crippen LogP contribution < -0.4 is 27.4 Å². The number of carbonyl (C=O) groups is 5. The molecule has 12 nitrogen and oxygen atoms in total. The van der Waals surface area contributed by atoms with E-state index >= 15 is 0 Å². The Labute approximate surface area is 265 Å². The van der Waals surface area contributed by atoms with Crippen molar-refractivity contribution >= 4 is 40.5 Å². The molecular weight excluding hydrogens is 588 g/mol. The van der Waals surface area contributed by atoms with Gasteiger partial charge in [-0.25, -0.2) is 4.79 Å². The van der Waals surface area contributed by atoms with Crippen LogP contribution in [-0.2, 0) is 43.2 Å². The van der Waals surface area contributed by atoms with Gasteiger partial charge in [-0.3, -0.25) is 19.2 Å². The molecule has 0 aliphatic heterocycles. The third-order valence-electron chi connectivity index (χ3n) is 7.58. The third kappa shape index (κ3) is 9.50. The number of amides is 4. The Bertz CT molecular complexity index is 1660. The molecule has 46 heavy (non-hydrogen) atoms. The van der Waals surface area contributed by atoms with Gasteiger partial charge in [0, 0.05) is 36.4 Å². The summed E-state index contributed by atoms with van der Waals surface area (Å²) in [6, 6.07) is 20.9. The fraction of sp³-hybridized carbons (Fsp3) is 0.265. The number of nitrogens with one attached hydrogen (secondary N) is 4. The summed E-state index contributed by atoms with van der Waals surface area (Å²) in [5.74, 6) is -4.04. The van der Waals surface area contributed by atoms with Crippen LogP contribution in [0, 0.1) is 0 Å². The molecule has 0 saturated carbocycles. The smallest absolute Gasteiger partial charge is 0.326 e. The van der Waals surface area contributed by atoms with Gasteiger partial charge in [0.05, 0.1) is 6.04 Å². The standard InChI is InChI=1S/C34H38N6O6/c35-25(19-23-20-37-26-14-8-7-13-24(23)26)31(42)39-28(17-21-9-3-1-4-10-21)33(44)40-29(18-22-11-5-2-6-12-22)32(43)38-27(34(45)46)15-16-30(36)41/h1-14,20,25,27-29,37H,15-19,35H2,(H2,36,41)(H,38,43)(H,39,42)(H,40,44)(H,45,46). The van der Waals surface area contributed by atoms with Crippen LogP contribution in [0.15, 0.2) is 91.1 Å². The first-order valence-electron chi connectivity index (χ1n) is 14.9. The number of hydrogen-bond donors (Lipinski definition) is 7. The molecule has 3 aromatic carbocycles. The highest BCUT2D eigenvalue weighted by atomic mass is 16.4. The van der Waals surface area contributed by atoms with Gasteiger partial charge in [-0.05, 0) is 35.6 Å². The fourth-order valence-corrected chi connectivity index (χ4v) is 5.12. The van der Waals surface area contributed by atoms with Crippen LogP contribution in [0.5, 0.6) is 0 Å². The van der Waals surface area contributed by atoms with Crippen LogP contribution in [0.25, 0.3) is 10.9 Å². The summed E-state index contributed by atoms with van der Waals surface area (Å²) in [5, 5.41) is 18.5. The van der Waals surface area contributed by atoms with Gasteiger partial charge >= 0.3 is 5.97 Å². The second-order valence-electron chi connectivity index (χ2n) is 11.1. The predicted molar refractivity (Wildman–Crippen MR) is 172 cm³/mol. The number of nitrogens with two attached hydrogens (primary N) is 2. The van der Waals surface area contributed by atoms with E-state index in [0.717, 1.165) is 22.0 Å². The number of fused-ring (bicyclic) bond motifs is 1. The predicted octanol–water partition coefficient (Wildman–Crippen LogP) is 1.33. The molecule has 1 heterocycles. The van der Waals surface area contributed by atoms with Crippen LogP contribution in [0.3, 0.4) is 0 Å². The van der Waals surface area contributed by atoms with E-state index in [4.69, 9.17) is 11.5 Å². The van der Waals surface area contributed by atoms with Gasteiger partial charge < -0.3 is 37.5 Å². The number of primary amides is 1. The summed E-state index contributed by atoms with van der Waals surface area (Å²) in [7, 11) is 0. The van der Waals surface area contributed by atoms with E-state index in [1.807, 2.05) is 42.5 Å². The van der Waals surface area contributed by atoms with Crippen LogP contribution in [0.1, 0.15) is 29.5 Å². The number of carbonyl (C=O) groups excluding carboxylic acids is 4. The van der Waals surface area contributed by atoms with E-state index in [-0.39, 0.29) is 32.1 Å². The van der Waals surface area contributed by atoms with E-state index in [9.17, 15) is 29.1 Å². The van der Waals surface area contributed by atoms with Gasteiger partial charge in [0.1, 0.15) is 18.1 Å². The minimum atomic E-state index is -1.41. The molecule has 0 saturated heterocycles. The maximum Gasteiger partial charge on any atom is 0.326 e. The van der Waals surface area contributed by atoms with E-state index < -0.39 is 53.8 Å². The number of para-hydroxylation sites is 1. The summed E-state index contributed by atoms with van der Waals surface area (Å²) in [6.45, 7) is 0. The van der Waals surface area contributed by atoms with Crippen molar-refractivity contribution in [3.63, 3.8) is 0 Å². The lowest BCUT2D eigenvalue weighted by Crippen LogP contribution is -2.58. The quantitative estimate of drug-likeness (QED) is 0.0969. The third-order valence-corrected chi connectivity index (χ3v) is 7.58. The molecular formula is C34H38N6O6.